The summed E-state index contributed by atoms with van der Waals surface area (Å²) >= 11 is 5.82. The van der Waals surface area contributed by atoms with Gasteiger partial charge in [0.1, 0.15) is 0 Å². The molecule has 0 bridgehead atoms. The molecule has 0 spiro atoms. The number of methoxy groups -OCH3 is 1. The maximum absolute atomic E-state index is 12.1. The number of hydrogen-bond acceptors (Lipinski definition) is 5. The van der Waals surface area contributed by atoms with Crippen LogP contribution in [0.4, 0.5) is 5.69 Å². The van der Waals surface area contributed by atoms with Crippen LogP contribution in [0.1, 0.15) is 26.3 Å². The highest BCUT2D eigenvalue weighted by atomic mass is 35.5. The van der Waals surface area contributed by atoms with Gasteiger partial charge in [0.2, 0.25) is 6.10 Å². The summed E-state index contributed by atoms with van der Waals surface area (Å²) in [4.78, 5) is 17.3. The number of hydrogen-bond donors (Lipinski definition) is 1. The molecule has 0 saturated heterocycles. The highest BCUT2D eigenvalue weighted by molar-refractivity contribution is 6.30. The van der Waals surface area contributed by atoms with E-state index >= 15 is 0 Å². The van der Waals surface area contributed by atoms with E-state index in [9.17, 15) is 4.79 Å². The minimum Gasteiger partial charge on any atom is -0.493 e. The van der Waals surface area contributed by atoms with Crippen LogP contribution in [0.15, 0.2) is 47.6 Å². The number of anilines is 1. The van der Waals surface area contributed by atoms with E-state index in [4.69, 9.17) is 25.9 Å². The Morgan fingerprint density at radius 1 is 1.11 bits per heavy atom. The molecule has 0 radical (unpaired) electrons. The van der Waals surface area contributed by atoms with Crippen LogP contribution < -0.4 is 14.8 Å². The van der Waals surface area contributed by atoms with Gasteiger partial charge in [0, 0.05) is 16.3 Å². The van der Waals surface area contributed by atoms with Crippen molar-refractivity contribution in [2.75, 3.05) is 12.4 Å². The standard InChI is InChI=1S/C20H23ClN2O4/c1-13(2)26-18-10-5-15(11-19(18)25-4)12-22-27-14(3)20(24)23-17-8-6-16(21)7-9-17/h5-14H,1-4H3,(H,23,24)/b22-12-/t14-/m1/s1. The molecule has 0 heterocycles. The summed E-state index contributed by atoms with van der Waals surface area (Å²) in [5, 5.41) is 7.21. The SMILES string of the molecule is COc1cc(/C=N\O[C@H](C)C(=O)Nc2ccc(Cl)cc2)ccc1OC(C)C. The molecule has 0 unspecified atom stereocenters. The summed E-state index contributed by atoms with van der Waals surface area (Å²) in [6, 6.07) is 12.2. The number of carbonyl (C=O) groups excluding carboxylic acids is 1. The zero-order valence-corrected chi connectivity index (χ0v) is 16.5. The van der Waals surface area contributed by atoms with Crippen molar-refractivity contribution in [2.24, 2.45) is 5.16 Å². The fourth-order valence-electron chi connectivity index (χ4n) is 2.12. The maximum atomic E-state index is 12.1. The van der Waals surface area contributed by atoms with Crippen LogP contribution >= 0.6 is 11.6 Å². The van der Waals surface area contributed by atoms with Crippen LogP contribution in [0.2, 0.25) is 5.02 Å². The van der Waals surface area contributed by atoms with E-state index in [0.717, 1.165) is 5.56 Å². The molecule has 0 fully saturated rings. The minimum atomic E-state index is -0.762. The minimum absolute atomic E-state index is 0.0433. The second-order valence-electron chi connectivity index (χ2n) is 6.06. The van der Waals surface area contributed by atoms with Gasteiger partial charge in [0.25, 0.3) is 5.91 Å². The van der Waals surface area contributed by atoms with E-state index in [1.54, 1.807) is 50.4 Å². The van der Waals surface area contributed by atoms with Gasteiger partial charge in [-0.3, -0.25) is 4.79 Å². The van der Waals surface area contributed by atoms with Gasteiger partial charge in [0.05, 0.1) is 19.4 Å². The molecule has 0 aliphatic rings. The zero-order valence-electron chi connectivity index (χ0n) is 15.7. The lowest BCUT2D eigenvalue weighted by molar-refractivity contribution is -0.126. The van der Waals surface area contributed by atoms with Crippen molar-refractivity contribution in [1.82, 2.24) is 0 Å². The molecule has 0 aliphatic heterocycles. The summed E-state index contributed by atoms with van der Waals surface area (Å²) in [5.74, 6) is 0.940. The van der Waals surface area contributed by atoms with Gasteiger partial charge in [-0.25, -0.2) is 0 Å². The monoisotopic (exact) mass is 390 g/mol. The molecule has 2 rings (SSSR count). The van der Waals surface area contributed by atoms with E-state index in [-0.39, 0.29) is 12.0 Å². The highest BCUT2D eigenvalue weighted by Crippen LogP contribution is 2.28. The Hall–Kier alpha value is -2.73. The molecule has 1 atom stereocenters. The zero-order chi connectivity index (χ0) is 19.8. The molecule has 0 aliphatic carbocycles. The quantitative estimate of drug-likeness (QED) is 0.531. The Morgan fingerprint density at radius 3 is 2.44 bits per heavy atom. The molecular formula is C20H23ClN2O4. The Labute approximate surface area is 164 Å². The van der Waals surface area contributed by atoms with Crippen molar-refractivity contribution in [3.63, 3.8) is 0 Å². The van der Waals surface area contributed by atoms with Gasteiger partial charge >= 0.3 is 0 Å². The van der Waals surface area contributed by atoms with Crippen LogP contribution in [0.3, 0.4) is 0 Å². The lowest BCUT2D eigenvalue weighted by Gasteiger charge is -2.13. The van der Waals surface area contributed by atoms with Gasteiger partial charge in [-0.2, -0.15) is 0 Å². The third-order valence-electron chi connectivity index (χ3n) is 3.45. The van der Waals surface area contributed by atoms with Crippen LogP contribution in [0.25, 0.3) is 0 Å². The lowest BCUT2D eigenvalue weighted by Crippen LogP contribution is -2.26. The smallest absolute Gasteiger partial charge is 0.267 e. The number of nitrogens with one attached hydrogen (secondary N) is 1. The molecule has 2 aromatic rings. The van der Waals surface area contributed by atoms with Crippen LogP contribution in [0, 0.1) is 0 Å². The Bertz CT molecular complexity index is 791. The number of ether oxygens (including phenoxy) is 2. The Kier molecular flexibility index (Phi) is 7.49. The molecule has 144 valence electrons. The third-order valence-corrected chi connectivity index (χ3v) is 3.70. The number of halogens is 1. The predicted molar refractivity (Wildman–Crippen MR) is 107 cm³/mol. The fraction of sp³-hybridized carbons (Fsp3) is 0.300. The molecule has 1 amide bonds. The summed E-state index contributed by atoms with van der Waals surface area (Å²) in [5.41, 5.74) is 1.39. The summed E-state index contributed by atoms with van der Waals surface area (Å²) < 4.78 is 11.0. The maximum Gasteiger partial charge on any atom is 0.267 e. The first-order chi connectivity index (χ1) is 12.9. The first-order valence-electron chi connectivity index (χ1n) is 8.49. The van der Waals surface area contributed by atoms with E-state index in [1.165, 1.54) is 6.21 Å². The Morgan fingerprint density at radius 2 is 1.81 bits per heavy atom. The molecule has 7 heteroatoms. The first kappa shape index (κ1) is 20.6. The topological polar surface area (TPSA) is 69.2 Å². The highest BCUT2D eigenvalue weighted by Gasteiger charge is 2.14. The molecule has 6 nitrogen and oxygen atoms in total. The summed E-state index contributed by atoms with van der Waals surface area (Å²) in [6.07, 6.45) is 0.789. The molecule has 1 N–H and O–H groups in total. The third kappa shape index (κ3) is 6.49. The van der Waals surface area contributed by atoms with Crippen molar-refractivity contribution in [3.05, 3.63) is 53.1 Å². The van der Waals surface area contributed by atoms with E-state index in [2.05, 4.69) is 10.5 Å². The molecule has 2 aromatic carbocycles. The number of carbonyl (C=O) groups is 1. The largest absolute Gasteiger partial charge is 0.493 e. The average Bonchev–Trinajstić information content (AvgIpc) is 2.64. The van der Waals surface area contributed by atoms with Gasteiger partial charge < -0.3 is 19.6 Å². The average molecular weight is 391 g/mol. The first-order valence-corrected chi connectivity index (χ1v) is 8.87. The van der Waals surface area contributed by atoms with Gasteiger partial charge in [0.15, 0.2) is 11.5 Å². The number of benzene rings is 2. The summed E-state index contributed by atoms with van der Waals surface area (Å²) in [6.45, 7) is 5.50. The van der Waals surface area contributed by atoms with Crippen molar-refractivity contribution in [2.45, 2.75) is 33.0 Å². The fourth-order valence-corrected chi connectivity index (χ4v) is 2.25. The summed E-state index contributed by atoms with van der Waals surface area (Å²) in [7, 11) is 1.57. The van der Waals surface area contributed by atoms with Gasteiger partial charge in [-0.05, 0) is 63.2 Å². The normalized spacial score (nSPS) is 12.1. The van der Waals surface area contributed by atoms with Crippen molar-refractivity contribution < 1.29 is 19.1 Å². The van der Waals surface area contributed by atoms with Crippen LogP contribution in [0.5, 0.6) is 11.5 Å². The van der Waals surface area contributed by atoms with E-state index in [0.29, 0.717) is 22.2 Å². The number of rotatable bonds is 8. The van der Waals surface area contributed by atoms with Gasteiger partial charge in [-0.1, -0.05) is 16.8 Å². The Balaban J connectivity index is 1.93. The predicted octanol–water partition coefficient (Wildman–Crippen LogP) is 4.51. The van der Waals surface area contributed by atoms with Crippen molar-refractivity contribution in [3.8, 4) is 11.5 Å². The van der Waals surface area contributed by atoms with E-state index in [1.807, 2.05) is 19.9 Å². The molecular weight excluding hydrogens is 368 g/mol. The number of oxime groups is 1. The van der Waals surface area contributed by atoms with E-state index < -0.39 is 6.10 Å². The number of amides is 1. The second-order valence-corrected chi connectivity index (χ2v) is 6.49. The second kappa shape index (κ2) is 9.83. The van der Waals surface area contributed by atoms with Crippen molar-refractivity contribution in [1.29, 1.82) is 0 Å². The molecule has 0 aromatic heterocycles. The van der Waals surface area contributed by atoms with Crippen LogP contribution in [-0.4, -0.2) is 31.4 Å². The molecule has 0 saturated carbocycles. The van der Waals surface area contributed by atoms with Gasteiger partial charge in [-0.15, -0.1) is 0 Å². The van der Waals surface area contributed by atoms with Crippen molar-refractivity contribution >= 4 is 29.4 Å². The number of nitrogens with zero attached hydrogens (tertiary/aromatic N) is 1. The van der Waals surface area contributed by atoms with Crippen LogP contribution in [-0.2, 0) is 9.63 Å². The lowest BCUT2D eigenvalue weighted by atomic mass is 10.2. The molecule has 27 heavy (non-hydrogen) atoms.